The van der Waals surface area contributed by atoms with Crippen LogP contribution in [0.15, 0.2) is 18.2 Å². The quantitative estimate of drug-likeness (QED) is 0.331. The molecule has 1 rings (SSSR count). The summed E-state index contributed by atoms with van der Waals surface area (Å²) in [5.41, 5.74) is -1.74. The van der Waals surface area contributed by atoms with E-state index in [1.54, 1.807) is 0 Å². The fourth-order valence-electron chi connectivity index (χ4n) is 1.00. The number of carboxylic acid groups (broad SMARTS) is 2. The topological polar surface area (TPSA) is 121 Å². The number of aromatic carboxylic acids is 2. The number of non-ortho nitro benzene ring substituents is 1. The first-order valence-corrected chi connectivity index (χ1v) is 3.66. The molecule has 0 saturated heterocycles. The largest absolute Gasteiger partial charge is 1.00 e. The molecule has 0 spiro atoms. The van der Waals surface area contributed by atoms with Gasteiger partial charge < -0.3 is 15.0 Å². The third-order valence-electron chi connectivity index (χ3n) is 1.66. The van der Waals surface area contributed by atoms with Gasteiger partial charge in [-0.05, 0) is 6.07 Å². The molecular formula is C8H4NNaO6. The van der Waals surface area contributed by atoms with Gasteiger partial charge in [0.25, 0.3) is 5.69 Å². The zero-order valence-corrected chi connectivity index (χ0v) is 10.2. The summed E-state index contributed by atoms with van der Waals surface area (Å²) < 4.78 is 0. The maximum Gasteiger partial charge on any atom is 1.00 e. The summed E-state index contributed by atoms with van der Waals surface area (Å²) in [4.78, 5) is 30.5. The van der Waals surface area contributed by atoms with Crippen LogP contribution in [0.1, 0.15) is 20.7 Å². The van der Waals surface area contributed by atoms with Crippen LogP contribution in [0, 0.1) is 10.1 Å². The van der Waals surface area contributed by atoms with Crippen LogP contribution < -0.4 is 34.7 Å². The predicted molar refractivity (Wildman–Crippen MR) is 44.4 cm³/mol. The van der Waals surface area contributed by atoms with Crippen LogP contribution in [0.3, 0.4) is 0 Å². The molecule has 0 aliphatic rings. The monoisotopic (exact) mass is 233 g/mol. The molecule has 0 radical (unpaired) electrons. The van der Waals surface area contributed by atoms with E-state index in [1.807, 2.05) is 0 Å². The van der Waals surface area contributed by atoms with E-state index in [9.17, 15) is 24.8 Å². The molecule has 1 aromatic rings. The first-order valence-electron chi connectivity index (χ1n) is 3.66. The Bertz CT molecular complexity index is 458. The summed E-state index contributed by atoms with van der Waals surface area (Å²) in [5.74, 6) is -3.25. The molecule has 16 heavy (non-hydrogen) atoms. The van der Waals surface area contributed by atoms with E-state index in [0.717, 1.165) is 12.1 Å². The second-order valence-corrected chi connectivity index (χ2v) is 2.58. The van der Waals surface area contributed by atoms with Crippen LogP contribution in [0.25, 0.3) is 0 Å². The van der Waals surface area contributed by atoms with Crippen molar-refractivity contribution in [2.75, 3.05) is 0 Å². The summed E-state index contributed by atoms with van der Waals surface area (Å²) >= 11 is 0. The molecule has 0 heterocycles. The fourth-order valence-corrected chi connectivity index (χ4v) is 1.00. The van der Waals surface area contributed by atoms with Crippen molar-refractivity contribution in [3.63, 3.8) is 0 Å². The summed E-state index contributed by atoms with van der Waals surface area (Å²) in [7, 11) is 0. The number of hydrogen-bond donors (Lipinski definition) is 1. The standard InChI is InChI=1S/C8H5NO6.Na/c10-7(11)5-2-1-4(9(14)15)3-6(5)8(12)13;/h1-3H,(H,10,11)(H,12,13);/q;+1/p-1. The van der Waals surface area contributed by atoms with Gasteiger partial charge >= 0.3 is 35.5 Å². The Morgan fingerprint density at radius 1 is 1.25 bits per heavy atom. The van der Waals surface area contributed by atoms with E-state index in [0.29, 0.717) is 6.07 Å². The first-order chi connectivity index (χ1) is 6.93. The van der Waals surface area contributed by atoms with E-state index in [-0.39, 0.29) is 29.6 Å². The van der Waals surface area contributed by atoms with Gasteiger partial charge in [-0.25, -0.2) is 4.79 Å². The molecule has 0 aliphatic carbocycles. The Labute approximate surface area is 111 Å². The van der Waals surface area contributed by atoms with Crippen molar-refractivity contribution in [1.29, 1.82) is 0 Å². The summed E-state index contributed by atoms with van der Waals surface area (Å²) in [6.45, 7) is 0. The van der Waals surface area contributed by atoms with Crippen LogP contribution in [0.5, 0.6) is 0 Å². The van der Waals surface area contributed by atoms with Crippen molar-refractivity contribution >= 4 is 17.6 Å². The minimum atomic E-state index is -1.69. The zero-order valence-electron chi connectivity index (χ0n) is 8.17. The third kappa shape index (κ3) is 3.02. The van der Waals surface area contributed by atoms with Gasteiger partial charge in [0.2, 0.25) is 0 Å². The van der Waals surface area contributed by atoms with Crippen molar-refractivity contribution in [3.8, 4) is 0 Å². The van der Waals surface area contributed by atoms with Gasteiger partial charge in [0.1, 0.15) is 0 Å². The Morgan fingerprint density at radius 2 is 1.81 bits per heavy atom. The van der Waals surface area contributed by atoms with Crippen LogP contribution in [0.4, 0.5) is 5.69 Å². The molecule has 8 heteroatoms. The molecule has 0 aromatic heterocycles. The maximum atomic E-state index is 10.6. The molecule has 0 fully saturated rings. The van der Waals surface area contributed by atoms with E-state index >= 15 is 0 Å². The number of hydrogen-bond acceptors (Lipinski definition) is 5. The molecule has 7 nitrogen and oxygen atoms in total. The number of benzene rings is 1. The van der Waals surface area contributed by atoms with Gasteiger partial charge in [0, 0.05) is 17.7 Å². The number of nitro benzene ring substituents is 1. The zero-order chi connectivity index (χ0) is 11.6. The Hall–Kier alpha value is -1.44. The number of rotatable bonds is 3. The minimum absolute atomic E-state index is 0. The third-order valence-corrected chi connectivity index (χ3v) is 1.66. The van der Waals surface area contributed by atoms with Gasteiger partial charge in [-0.15, -0.1) is 0 Å². The van der Waals surface area contributed by atoms with Crippen molar-refractivity contribution in [3.05, 3.63) is 39.4 Å². The van der Waals surface area contributed by atoms with Crippen molar-refractivity contribution in [2.45, 2.75) is 0 Å². The molecule has 1 aromatic carbocycles. The second kappa shape index (κ2) is 5.59. The summed E-state index contributed by atoms with van der Waals surface area (Å²) in [6.07, 6.45) is 0. The average Bonchev–Trinajstić information content (AvgIpc) is 2.16. The van der Waals surface area contributed by atoms with E-state index in [1.165, 1.54) is 0 Å². The number of nitrogens with zero attached hydrogens (tertiary/aromatic N) is 1. The molecule has 0 amide bonds. The SMILES string of the molecule is O=C([O-])c1ccc([N+](=O)[O-])cc1C(=O)O.[Na+]. The Balaban J connectivity index is 0.00000225. The number of carbonyl (C=O) groups excluding carboxylic acids is 1. The summed E-state index contributed by atoms with van der Waals surface area (Å²) in [6, 6.07) is 2.40. The van der Waals surface area contributed by atoms with E-state index < -0.39 is 33.7 Å². The van der Waals surface area contributed by atoms with Crippen molar-refractivity contribution in [2.24, 2.45) is 0 Å². The molecule has 0 saturated carbocycles. The van der Waals surface area contributed by atoms with E-state index in [4.69, 9.17) is 5.11 Å². The fraction of sp³-hybridized carbons (Fsp3) is 0. The van der Waals surface area contributed by atoms with Gasteiger partial charge in [0.05, 0.1) is 16.5 Å². The van der Waals surface area contributed by atoms with E-state index in [2.05, 4.69) is 0 Å². The second-order valence-electron chi connectivity index (χ2n) is 2.58. The molecule has 0 atom stereocenters. The van der Waals surface area contributed by atoms with Crippen molar-refractivity contribution < 1.29 is 54.3 Å². The first kappa shape index (κ1) is 14.6. The molecular weight excluding hydrogens is 229 g/mol. The Morgan fingerprint density at radius 3 is 2.19 bits per heavy atom. The van der Waals surface area contributed by atoms with Crippen LogP contribution in [-0.4, -0.2) is 22.0 Å². The smallest absolute Gasteiger partial charge is 0.545 e. The van der Waals surface area contributed by atoms with Crippen LogP contribution in [0.2, 0.25) is 0 Å². The summed E-state index contributed by atoms with van der Waals surface area (Å²) in [5, 5.41) is 29.4. The number of carboxylic acids is 2. The average molecular weight is 233 g/mol. The molecule has 0 aliphatic heterocycles. The van der Waals surface area contributed by atoms with Gasteiger partial charge in [0.15, 0.2) is 0 Å². The normalized spacial score (nSPS) is 9.00. The Kier molecular flexibility index (Phi) is 5.09. The molecule has 0 bridgehead atoms. The number of nitro groups is 1. The van der Waals surface area contributed by atoms with Crippen molar-refractivity contribution in [1.82, 2.24) is 0 Å². The molecule has 78 valence electrons. The van der Waals surface area contributed by atoms with Gasteiger partial charge in [-0.3, -0.25) is 10.1 Å². The van der Waals surface area contributed by atoms with Gasteiger partial charge in [-0.2, -0.15) is 0 Å². The molecule has 1 N–H and O–H groups in total. The molecule has 0 unspecified atom stereocenters. The van der Waals surface area contributed by atoms with Crippen LogP contribution >= 0.6 is 0 Å². The minimum Gasteiger partial charge on any atom is -0.545 e. The predicted octanol–water partition coefficient (Wildman–Crippen LogP) is -3.34. The van der Waals surface area contributed by atoms with Crippen LogP contribution in [-0.2, 0) is 0 Å². The number of carbonyl (C=O) groups is 2. The maximum absolute atomic E-state index is 10.6. The van der Waals surface area contributed by atoms with Gasteiger partial charge in [-0.1, -0.05) is 0 Å².